The molecular weight excluding hydrogens is 414 g/mol. The predicted molar refractivity (Wildman–Crippen MR) is 111 cm³/mol. The number of amides is 1. The number of aromatic nitrogens is 1. The quantitative estimate of drug-likeness (QED) is 0.633. The molecule has 1 aliphatic rings. The first-order chi connectivity index (χ1) is 13.8. The second-order valence-electron chi connectivity index (χ2n) is 6.95. The van der Waals surface area contributed by atoms with Gasteiger partial charge in [-0.2, -0.15) is 0 Å². The fourth-order valence-electron chi connectivity index (χ4n) is 3.35. The highest BCUT2D eigenvalue weighted by Gasteiger charge is 2.29. The summed E-state index contributed by atoms with van der Waals surface area (Å²) in [6.45, 7) is 0.663. The third-order valence-electron chi connectivity index (χ3n) is 4.95. The molecule has 1 amide bonds. The summed E-state index contributed by atoms with van der Waals surface area (Å²) >= 11 is 1.23. The first-order valence-corrected chi connectivity index (χ1v) is 11.8. The second-order valence-corrected chi connectivity index (χ2v) is 9.79. The number of para-hydroxylation sites is 1. The van der Waals surface area contributed by atoms with Crippen LogP contribution in [-0.2, 0) is 14.8 Å². The zero-order valence-corrected chi connectivity index (χ0v) is 17.3. The number of benzene rings is 1. The molecule has 0 aliphatic carbocycles. The van der Waals surface area contributed by atoms with Gasteiger partial charge in [-0.1, -0.05) is 18.2 Å². The summed E-state index contributed by atoms with van der Waals surface area (Å²) in [4.78, 5) is 29.2. The van der Waals surface area contributed by atoms with Crippen molar-refractivity contribution in [3.8, 4) is 11.3 Å². The predicted octanol–water partition coefficient (Wildman–Crippen LogP) is 2.53. The molecule has 3 heterocycles. The van der Waals surface area contributed by atoms with Gasteiger partial charge in [0.05, 0.1) is 17.5 Å². The number of rotatable bonds is 4. The summed E-state index contributed by atoms with van der Waals surface area (Å²) in [5.41, 5.74) is 0.795. The molecule has 3 aromatic rings. The maximum absolute atomic E-state index is 12.5. The van der Waals surface area contributed by atoms with Crippen molar-refractivity contribution in [1.82, 2.24) is 9.29 Å². The van der Waals surface area contributed by atoms with Crippen molar-refractivity contribution < 1.29 is 17.6 Å². The number of anilines is 1. The van der Waals surface area contributed by atoms with E-state index in [0.29, 0.717) is 47.9 Å². The molecule has 29 heavy (non-hydrogen) atoms. The topological polar surface area (TPSA) is 110 Å². The molecule has 10 heteroatoms. The number of nitrogens with one attached hydrogen (secondary N) is 1. The van der Waals surface area contributed by atoms with E-state index in [1.54, 1.807) is 23.6 Å². The molecule has 1 saturated heterocycles. The Bertz CT molecular complexity index is 1220. The van der Waals surface area contributed by atoms with Crippen LogP contribution >= 0.6 is 11.3 Å². The van der Waals surface area contributed by atoms with E-state index in [1.807, 2.05) is 12.1 Å². The Kier molecular flexibility index (Phi) is 5.24. The van der Waals surface area contributed by atoms with E-state index in [1.165, 1.54) is 21.9 Å². The molecule has 1 fully saturated rings. The van der Waals surface area contributed by atoms with Crippen molar-refractivity contribution in [2.24, 2.45) is 5.92 Å². The smallest absolute Gasteiger partial charge is 0.345 e. The largest absolute Gasteiger partial charge is 0.422 e. The van der Waals surface area contributed by atoms with Crippen LogP contribution in [0.15, 0.2) is 44.9 Å². The van der Waals surface area contributed by atoms with Crippen LogP contribution in [0.4, 0.5) is 5.13 Å². The minimum Gasteiger partial charge on any atom is -0.422 e. The van der Waals surface area contributed by atoms with Gasteiger partial charge in [-0.3, -0.25) is 4.79 Å². The van der Waals surface area contributed by atoms with E-state index in [4.69, 9.17) is 4.42 Å². The van der Waals surface area contributed by atoms with Crippen LogP contribution in [0.3, 0.4) is 0 Å². The number of piperidine rings is 1. The van der Waals surface area contributed by atoms with Gasteiger partial charge in [0.15, 0.2) is 5.13 Å². The number of hydrogen-bond donors (Lipinski definition) is 1. The molecule has 0 unspecified atom stereocenters. The van der Waals surface area contributed by atoms with Crippen molar-refractivity contribution >= 4 is 43.4 Å². The number of carbonyl (C=O) groups is 1. The Hall–Kier alpha value is -2.56. The first-order valence-electron chi connectivity index (χ1n) is 9.06. The van der Waals surface area contributed by atoms with Crippen LogP contribution in [0.25, 0.3) is 22.2 Å². The molecule has 2 aromatic heterocycles. The van der Waals surface area contributed by atoms with Gasteiger partial charge in [-0.05, 0) is 25.0 Å². The molecule has 1 aliphatic heterocycles. The van der Waals surface area contributed by atoms with E-state index >= 15 is 0 Å². The molecule has 0 radical (unpaired) electrons. The molecular formula is C19H19N3O5S2. The van der Waals surface area contributed by atoms with Gasteiger partial charge in [0.25, 0.3) is 0 Å². The standard InChI is InChI=1S/C19H19N3O5S2/c1-29(25,26)22-8-6-12(7-9-22)17(23)21-19-20-15(11-28-19)14-10-13-4-2-3-5-16(13)27-18(14)24/h2-5,10-12H,6-9H2,1H3,(H,20,21,23). The number of thiazole rings is 1. The molecule has 8 nitrogen and oxygen atoms in total. The third kappa shape index (κ3) is 4.24. The molecule has 1 aromatic carbocycles. The summed E-state index contributed by atoms with van der Waals surface area (Å²) in [6, 6.07) is 8.94. The third-order valence-corrected chi connectivity index (χ3v) is 7.01. The van der Waals surface area contributed by atoms with Gasteiger partial charge in [0.1, 0.15) is 5.58 Å². The van der Waals surface area contributed by atoms with Crippen molar-refractivity contribution in [3.63, 3.8) is 0 Å². The normalized spacial score (nSPS) is 16.2. The van der Waals surface area contributed by atoms with E-state index < -0.39 is 15.6 Å². The summed E-state index contributed by atoms with van der Waals surface area (Å²) in [6.07, 6.45) is 2.10. The Balaban J connectivity index is 1.47. The molecule has 4 rings (SSSR count). The van der Waals surface area contributed by atoms with Crippen LogP contribution in [0.5, 0.6) is 0 Å². The van der Waals surface area contributed by atoms with Crippen LogP contribution < -0.4 is 10.9 Å². The highest BCUT2D eigenvalue weighted by molar-refractivity contribution is 7.88. The lowest BCUT2D eigenvalue weighted by Crippen LogP contribution is -2.40. The second kappa shape index (κ2) is 7.69. The fraction of sp³-hybridized carbons (Fsp3) is 0.316. The lowest BCUT2D eigenvalue weighted by molar-refractivity contribution is -0.120. The minimum absolute atomic E-state index is 0.190. The average molecular weight is 434 g/mol. The number of carbonyl (C=O) groups excluding carboxylic acids is 1. The number of hydrogen-bond acceptors (Lipinski definition) is 7. The molecule has 0 saturated carbocycles. The fourth-order valence-corrected chi connectivity index (χ4v) is 4.94. The summed E-state index contributed by atoms with van der Waals surface area (Å²) < 4.78 is 29.9. The van der Waals surface area contributed by atoms with Crippen LogP contribution in [0.1, 0.15) is 12.8 Å². The van der Waals surface area contributed by atoms with Crippen LogP contribution in [0.2, 0.25) is 0 Å². The van der Waals surface area contributed by atoms with Crippen LogP contribution in [-0.4, -0.2) is 43.0 Å². The number of sulfonamides is 1. The maximum Gasteiger partial charge on any atom is 0.345 e. The minimum atomic E-state index is -3.23. The van der Waals surface area contributed by atoms with E-state index in [-0.39, 0.29) is 11.8 Å². The molecule has 1 N–H and O–H groups in total. The number of fused-ring (bicyclic) bond motifs is 1. The first kappa shape index (κ1) is 19.7. The van der Waals surface area contributed by atoms with Gasteiger partial charge >= 0.3 is 5.63 Å². The highest BCUT2D eigenvalue weighted by Crippen LogP contribution is 2.27. The SMILES string of the molecule is CS(=O)(=O)N1CCC(C(=O)Nc2nc(-c3cc4ccccc4oc3=O)cs2)CC1. The average Bonchev–Trinajstić information content (AvgIpc) is 3.15. The van der Waals surface area contributed by atoms with Gasteiger partial charge in [0, 0.05) is 29.8 Å². The monoisotopic (exact) mass is 433 g/mol. The van der Waals surface area contributed by atoms with Crippen molar-refractivity contribution in [3.05, 3.63) is 46.1 Å². The molecule has 0 bridgehead atoms. The summed E-state index contributed by atoms with van der Waals surface area (Å²) in [5.74, 6) is -0.462. The highest BCUT2D eigenvalue weighted by atomic mass is 32.2. The lowest BCUT2D eigenvalue weighted by atomic mass is 9.97. The van der Waals surface area contributed by atoms with Crippen molar-refractivity contribution in [2.45, 2.75) is 12.8 Å². The Morgan fingerprint density at radius 2 is 2.00 bits per heavy atom. The zero-order valence-electron chi connectivity index (χ0n) is 15.6. The lowest BCUT2D eigenvalue weighted by Gasteiger charge is -2.29. The Labute approximate surface area is 171 Å². The van der Waals surface area contributed by atoms with E-state index in [0.717, 1.165) is 5.39 Å². The van der Waals surface area contributed by atoms with Gasteiger partial charge in [0.2, 0.25) is 15.9 Å². The molecule has 0 atom stereocenters. The van der Waals surface area contributed by atoms with Crippen molar-refractivity contribution in [2.75, 3.05) is 24.7 Å². The number of nitrogens with zero attached hydrogens (tertiary/aromatic N) is 2. The molecule has 0 spiro atoms. The van der Waals surface area contributed by atoms with Crippen LogP contribution in [0, 0.1) is 5.92 Å². The van der Waals surface area contributed by atoms with Crippen molar-refractivity contribution in [1.29, 1.82) is 0 Å². The maximum atomic E-state index is 12.5. The Morgan fingerprint density at radius 3 is 2.72 bits per heavy atom. The Morgan fingerprint density at radius 1 is 1.28 bits per heavy atom. The van der Waals surface area contributed by atoms with Gasteiger partial charge in [-0.25, -0.2) is 22.5 Å². The van der Waals surface area contributed by atoms with Gasteiger partial charge in [-0.15, -0.1) is 11.3 Å². The summed E-state index contributed by atoms with van der Waals surface area (Å²) in [7, 11) is -3.23. The van der Waals surface area contributed by atoms with Gasteiger partial charge < -0.3 is 9.73 Å². The molecule has 152 valence electrons. The summed E-state index contributed by atoms with van der Waals surface area (Å²) in [5, 5.41) is 5.66. The zero-order chi connectivity index (χ0) is 20.6. The van der Waals surface area contributed by atoms with E-state index in [2.05, 4.69) is 10.3 Å². The van der Waals surface area contributed by atoms with E-state index in [9.17, 15) is 18.0 Å².